The van der Waals surface area contributed by atoms with Gasteiger partial charge in [-0.25, -0.2) is 0 Å². The van der Waals surface area contributed by atoms with Crippen LogP contribution in [0.3, 0.4) is 0 Å². The number of rotatable bonds is 5. The molecule has 1 heterocycles. The highest BCUT2D eigenvalue weighted by molar-refractivity contribution is 9.10. The van der Waals surface area contributed by atoms with Crippen LogP contribution in [-0.2, 0) is 6.54 Å². The van der Waals surface area contributed by atoms with E-state index in [4.69, 9.17) is 0 Å². The van der Waals surface area contributed by atoms with Crippen LogP contribution in [-0.4, -0.2) is 22.4 Å². The molecule has 18 heavy (non-hydrogen) atoms. The summed E-state index contributed by atoms with van der Waals surface area (Å²) in [6.07, 6.45) is 5.93. The van der Waals surface area contributed by atoms with Gasteiger partial charge in [-0.3, -0.25) is 4.68 Å². The summed E-state index contributed by atoms with van der Waals surface area (Å²) in [6, 6.07) is 0.575. The summed E-state index contributed by atoms with van der Waals surface area (Å²) in [7, 11) is 0. The van der Waals surface area contributed by atoms with Crippen LogP contribution < -0.4 is 5.32 Å². The second-order valence-corrected chi connectivity index (χ2v) is 6.41. The van der Waals surface area contributed by atoms with E-state index in [1.165, 1.54) is 29.4 Å². The first-order valence-corrected chi connectivity index (χ1v) is 7.87. The van der Waals surface area contributed by atoms with E-state index in [-0.39, 0.29) is 0 Å². The molecule has 0 saturated heterocycles. The maximum absolute atomic E-state index is 4.46. The molecule has 2 unspecified atom stereocenters. The molecule has 1 aliphatic carbocycles. The number of nitrogens with one attached hydrogen (secondary N) is 1. The van der Waals surface area contributed by atoms with E-state index in [2.05, 4.69) is 51.8 Å². The normalized spacial score (nSPS) is 24.1. The lowest BCUT2D eigenvalue weighted by molar-refractivity contribution is 0.404. The summed E-state index contributed by atoms with van der Waals surface area (Å²) in [4.78, 5) is 0. The predicted octanol–water partition coefficient (Wildman–Crippen LogP) is 3.55. The Morgan fingerprint density at radius 2 is 2.28 bits per heavy atom. The molecule has 0 radical (unpaired) electrons. The van der Waals surface area contributed by atoms with Gasteiger partial charge in [-0.1, -0.05) is 20.3 Å². The third kappa shape index (κ3) is 2.97. The minimum Gasteiger partial charge on any atom is -0.314 e. The number of nitrogens with zero attached hydrogens (tertiary/aromatic N) is 2. The molecule has 1 aliphatic rings. The number of aromatic nitrogens is 2. The van der Waals surface area contributed by atoms with Gasteiger partial charge in [0.05, 0.1) is 16.4 Å². The Morgan fingerprint density at radius 3 is 2.94 bits per heavy atom. The molecule has 0 bridgehead atoms. The molecule has 2 rings (SSSR count). The highest BCUT2D eigenvalue weighted by Gasteiger charge is 2.32. The topological polar surface area (TPSA) is 29.9 Å². The molecule has 1 N–H and O–H groups in total. The first kappa shape index (κ1) is 14.1. The number of halogens is 1. The van der Waals surface area contributed by atoms with Gasteiger partial charge in [-0.2, -0.15) is 5.10 Å². The zero-order chi connectivity index (χ0) is 13.1. The van der Waals surface area contributed by atoms with Crippen molar-refractivity contribution < 1.29 is 0 Å². The lowest BCUT2D eigenvalue weighted by Crippen LogP contribution is -2.30. The van der Waals surface area contributed by atoms with Gasteiger partial charge in [0, 0.05) is 18.5 Å². The smallest absolute Gasteiger partial charge is 0.0635 e. The molecule has 0 aromatic carbocycles. The SMILES string of the molecule is CCn1ncc(Br)c1C1CCCC1CNC(C)C. The molecule has 1 aromatic heterocycles. The fourth-order valence-electron chi connectivity index (χ4n) is 3.02. The quantitative estimate of drug-likeness (QED) is 0.901. The molecule has 0 aliphatic heterocycles. The summed E-state index contributed by atoms with van der Waals surface area (Å²) in [5, 5.41) is 8.05. The van der Waals surface area contributed by atoms with Gasteiger partial charge < -0.3 is 5.32 Å². The lowest BCUT2D eigenvalue weighted by atomic mass is 9.92. The molecule has 1 fully saturated rings. The molecule has 3 nitrogen and oxygen atoms in total. The second kappa shape index (κ2) is 6.20. The van der Waals surface area contributed by atoms with E-state index >= 15 is 0 Å². The van der Waals surface area contributed by atoms with Crippen LogP contribution in [0.2, 0.25) is 0 Å². The predicted molar refractivity (Wildman–Crippen MR) is 78.8 cm³/mol. The van der Waals surface area contributed by atoms with Crippen molar-refractivity contribution in [3.05, 3.63) is 16.4 Å². The van der Waals surface area contributed by atoms with Gasteiger partial charge in [0.15, 0.2) is 0 Å². The van der Waals surface area contributed by atoms with Crippen molar-refractivity contribution in [1.82, 2.24) is 15.1 Å². The van der Waals surface area contributed by atoms with Gasteiger partial charge in [0.2, 0.25) is 0 Å². The Morgan fingerprint density at radius 1 is 1.50 bits per heavy atom. The Kier molecular flexibility index (Phi) is 4.84. The maximum Gasteiger partial charge on any atom is 0.0635 e. The Balaban J connectivity index is 2.12. The van der Waals surface area contributed by atoms with Crippen molar-refractivity contribution in [1.29, 1.82) is 0 Å². The second-order valence-electron chi connectivity index (χ2n) is 5.55. The first-order chi connectivity index (χ1) is 8.63. The van der Waals surface area contributed by atoms with Crippen LogP contribution in [0.4, 0.5) is 0 Å². The zero-order valence-electron chi connectivity index (χ0n) is 11.6. The first-order valence-electron chi connectivity index (χ1n) is 7.08. The van der Waals surface area contributed by atoms with Gasteiger partial charge in [-0.15, -0.1) is 0 Å². The lowest BCUT2D eigenvalue weighted by Gasteiger charge is -2.22. The molecule has 1 aromatic rings. The van der Waals surface area contributed by atoms with E-state index in [0.717, 1.165) is 19.0 Å². The Labute approximate surface area is 118 Å². The number of hydrogen-bond donors (Lipinski definition) is 1. The third-order valence-electron chi connectivity index (χ3n) is 3.93. The van der Waals surface area contributed by atoms with Crippen LogP contribution in [0.25, 0.3) is 0 Å². The van der Waals surface area contributed by atoms with E-state index < -0.39 is 0 Å². The van der Waals surface area contributed by atoms with Crippen molar-refractivity contribution >= 4 is 15.9 Å². The summed E-state index contributed by atoms with van der Waals surface area (Å²) in [5.41, 5.74) is 1.41. The van der Waals surface area contributed by atoms with E-state index in [0.29, 0.717) is 12.0 Å². The van der Waals surface area contributed by atoms with Crippen LogP contribution in [0, 0.1) is 5.92 Å². The average Bonchev–Trinajstić information content (AvgIpc) is 2.91. The standard InChI is InChI=1S/C14H24BrN3/c1-4-18-14(13(15)9-17-18)12-7-5-6-11(12)8-16-10(2)3/h9-12,16H,4-8H2,1-3H3. The molecule has 2 atom stereocenters. The van der Waals surface area contributed by atoms with E-state index in [9.17, 15) is 0 Å². The van der Waals surface area contributed by atoms with Crippen LogP contribution >= 0.6 is 15.9 Å². The molecule has 102 valence electrons. The van der Waals surface area contributed by atoms with Crippen molar-refractivity contribution in [2.24, 2.45) is 5.92 Å². The monoisotopic (exact) mass is 313 g/mol. The number of hydrogen-bond acceptors (Lipinski definition) is 2. The highest BCUT2D eigenvalue weighted by atomic mass is 79.9. The fourth-order valence-corrected chi connectivity index (χ4v) is 3.61. The van der Waals surface area contributed by atoms with Gasteiger partial charge in [0.25, 0.3) is 0 Å². The van der Waals surface area contributed by atoms with Crippen molar-refractivity contribution in [3.63, 3.8) is 0 Å². The number of aryl methyl sites for hydroxylation is 1. The molecule has 0 amide bonds. The Bertz CT molecular complexity index is 386. The fraction of sp³-hybridized carbons (Fsp3) is 0.786. The van der Waals surface area contributed by atoms with Crippen molar-refractivity contribution in [3.8, 4) is 0 Å². The molecular formula is C14H24BrN3. The van der Waals surface area contributed by atoms with E-state index in [1.54, 1.807) is 0 Å². The third-order valence-corrected chi connectivity index (χ3v) is 4.54. The van der Waals surface area contributed by atoms with Gasteiger partial charge >= 0.3 is 0 Å². The highest BCUT2D eigenvalue weighted by Crippen LogP contribution is 2.41. The average molecular weight is 314 g/mol. The molecule has 0 spiro atoms. The van der Waals surface area contributed by atoms with Crippen LogP contribution in [0.5, 0.6) is 0 Å². The summed E-state index contributed by atoms with van der Waals surface area (Å²) >= 11 is 3.67. The summed E-state index contributed by atoms with van der Waals surface area (Å²) < 4.78 is 3.34. The Hall–Kier alpha value is -0.350. The van der Waals surface area contributed by atoms with Crippen molar-refractivity contribution in [2.75, 3.05) is 6.54 Å². The van der Waals surface area contributed by atoms with E-state index in [1.807, 2.05) is 6.20 Å². The molecule has 4 heteroatoms. The molecular weight excluding hydrogens is 290 g/mol. The summed E-state index contributed by atoms with van der Waals surface area (Å²) in [5.74, 6) is 1.42. The largest absolute Gasteiger partial charge is 0.314 e. The minimum atomic E-state index is 0.575. The van der Waals surface area contributed by atoms with Crippen molar-refractivity contribution in [2.45, 2.75) is 58.5 Å². The van der Waals surface area contributed by atoms with Crippen LogP contribution in [0.1, 0.15) is 51.6 Å². The zero-order valence-corrected chi connectivity index (χ0v) is 13.2. The summed E-state index contributed by atoms with van der Waals surface area (Å²) in [6.45, 7) is 8.69. The van der Waals surface area contributed by atoms with Gasteiger partial charge in [0.1, 0.15) is 0 Å². The maximum atomic E-state index is 4.46. The van der Waals surface area contributed by atoms with Crippen LogP contribution in [0.15, 0.2) is 10.7 Å². The molecule has 1 saturated carbocycles. The van der Waals surface area contributed by atoms with Gasteiger partial charge in [-0.05, 0) is 48.2 Å². The minimum absolute atomic E-state index is 0.575.